The van der Waals surface area contributed by atoms with Crippen molar-refractivity contribution < 1.29 is 24.0 Å². The van der Waals surface area contributed by atoms with Crippen LogP contribution in [0.3, 0.4) is 0 Å². The number of aromatic nitrogens is 2. The minimum atomic E-state index is -1.09. The van der Waals surface area contributed by atoms with Gasteiger partial charge in [-0.2, -0.15) is 0 Å². The summed E-state index contributed by atoms with van der Waals surface area (Å²) in [5.41, 5.74) is 5.46. The van der Waals surface area contributed by atoms with E-state index in [4.69, 9.17) is 9.26 Å². The van der Waals surface area contributed by atoms with Crippen molar-refractivity contribution in [3.8, 4) is 17.1 Å². The summed E-state index contributed by atoms with van der Waals surface area (Å²) >= 11 is 0. The van der Waals surface area contributed by atoms with Gasteiger partial charge in [-0.15, -0.1) is 0 Å². The van der Waals surface area contributed by atoms with E-state index in [1.165, 1.54) is 0 Å². The molecular formula is C29H30N4O5. The zero-order chi connectivity index (χ0) is 27.2. The molecule has 0 fully saturated rings. The number of nitrogens with one attached hydrogen (secondary N) is 2. The van der Waals surface area contributed by atoms with E-state index in [0.29, 0.717) is 35.1 Å². The molecule has 3 N–H and O–H groups in total. The molecule has 9 nitrogen and oxygen atoms in total. The normalized spacial score (nSPS) is 11.6. The number of carboxylic acids is 1. The number of carbonyl (C=O) groups is 2. The Hall–Kier alpha value is -4.66. The third-order valence-electron chi connectivity index (χ3n) is 6.16. The number of aryl methyl sites for hydroxylation is 3. The highest BCUT2D eigenvalue weighted by Gasteiger charge is 2.23. The van der Waals surface area contributed by atoms with Gasteiger partial charge in [0.1, 0.15) is 23.3 Å². The molecule has 0 aliphatic heterocycles. The van der Waals surface area contributed by atoms with E-state index in [1.807, 2.05) is 63.2 Å². The Labute approximate surface area is 220 Å². The lowest BCUT2D eigenvalue weighted by atomic mass is 9.98. The lowest BCUT2D eigenvalue weighted by Gasteiger charge is -2.17. The van der Waals surface area contributed by atoms with Crippen molar-refractivity contribution in [2.75, 3.05) is 12.4 Å². The summed E-state index contributed by atoms with van der Waals surface area (Å²) in [5.74, 6) is 0.457. The van der Waals surface area contributed by atoms with Crippen LogP contribution < -0.4 is 15.4 Å². The van der Waals surface area contributed by atoms with Crippen molar-refractivity contribution in [2.45, 2.75) is 39.8 Å². The van der Waals surface area contributed by atoms with Crippen LogP contribution in [0.15, 0.2) is 65.3 Å². The first-order chi connectivity index (χ1) is 18.2. The zero-order valence-electron chi connectivity index (χ0n) is 21.7. The number of anilines is 1. The monoisotopic (exact) mass is 514 g/mol. The third kappa shape index (κ3) is 6.36. The molecule has 0 saturated heterocycles. The molecule has 0 bridgehead atoms. The maximum Gasteiger partial charge on any atom is 0.326 e. The standard InChI is InChI=1S/C29H30N4O5/c1-17-11-18(2)27(19(3)12-17)28(34)32-24(29(35)36)13-20-5-7-21(8-6-20)25-14-22(33-38-25)16-31-26-15-23(37-4)9-10-30-26/h5-12,14-15,24H,13,16H2,1-4H3,(H,30,31)(H,32,34)(H,35,36). The molecule has 196 valence electrons. The number of methoxy groups -OCH3 is 1. The lowest BCUT2D eigenvalue weighted by molar-refractivity contribution is -0.139. The second-order valence-electron chi connectivity index (χ2n) is 9.16. The van der Waals surface area contributed by atoms with E-state index in [1.54, 1.807) is 25.4 Å². The number of hydrogen-bond donors (Lipinski definition) is 3. The van der Waals surface area contributed by atoms with Crippen LogP contribution in [0.25, 0.3) is 11.3 Å². The second kappa shape index (κ2) is 11.6. The van der Waals surface area contributed by atoms with Crippen LogP contribution in [-0.2, 0) is 17.8 Å². The van der Waals surface area contributed by atoms with Crippen molar-refractivity contribution in [2.24, 2.45) is 0 Å². The van der Waals surface area contributed by atoms with Crippen LogP contribution in [0.1, 0.15) is 38.3 Å². The molecule has 9 heteroatoms. The first kappa shape index (κ1) is 26.4. The largest absolute Gasteiger partial charge is 0.497 e. The molecule has 0 spiro atoms. The van der Waals surface area contributed by atoms with Gasteiger partial charge in [0.2, 0.25) is 0 Å². The van der Waals surface area contributed by atoms with Crippen LogP contribution in [0.4, 0.5) is 5.82 Å². The smallest absolute Gasteiger partial charge is 0.326 e. The maximum absolute atomic E-state index is 12.9. The van der Waals surface area contributed by atoms with Gasteiger partial charge in [0.15, 0.2) is 5.76 Å². The lowest BCUT2D eigenvalue weighted by Crippen LogP contribution is -2.42. The minimum absolute atomic E-state index is 0.143. The second-order valence-corrected chi connectivity index (χ2v) is 9.16. The number of aliphatic carboxylic acids is 1. The number of carbonyl (C=O) groups excluding carboxylic acids is 1. The molecule has 38 heavy (non-hydrogen) atoms. The number of pyridine rings is 1. The number of ether oxygens (including phenoxy) is 1. The first-order valence-electron chi connectivity index (χ1n) is 12.1. The Morgan fingerprint density at radius 3 is 2.39 bits per heavy atom. The van der Waals surface area contributed by atoms with Crippen LogP contribution in [0, 0.1) is 20.8 Å². The van der Waals surface area contributed by atoms with E-state index in [0.717, 1.165) is 27.8 Å². The Kier molecular flexibility index (Phi) is 8.06. The van der Waals surface area contributed by atoms with Crippen molar-refractivity contribution >= 4 is 17.7 Å². The van der Waals surface area contributed by atoms with E-state index in [-0.39, 0.29) is 6.42 Å². The van der Waals surface area contributed by atoms with Crippen molar-refractivity contribution in [3.05, 3.63) is 94.3 Å². The number of nitrogens with zero attached hydrogens (tertiary/aromatic N) is 2. The van der Waals surface area contributed by atoms with Crippen LogP contribution in [0.2, 0.25) is 0 Å². The first-order valence-corrected chi connectivity index (χ1v) is 12.1. The number of carboxylic acid groups (broad SMARTS) is 1. The SMILES string of the molecule is COc1ccnc(NCc2cc(-c3ccc(CC(NC(=O)c4c(C)cc(C)cc4C)C(=O)O)cc3)on2)c1. The van der Waals surface area contributed by atoms with E-state index < -0.39 is 17.9 Å². The van der Waals surface area contributed by atoms with Gasteiger partial charge in [-0.1, -0.05) is 47.1 Å². The fourth-order valence-electron chi connectivity index (χ4n) is 4.36. The fourth-order valence-corrected chi connectivity index (χ4v) is 4.36. The summed E-state index contributed by atoms with van der Waals surface area (Å²) in [4.78, 5) is 29.1. The average Bonchev–Trinajstić information content (AvgIpc) is 3.36. The summed E-state index contributed by atoms with van der Waals surface area (Å²) in [6, 6.07) is 15.5. The van der Waals surface area contributed by atoms with Gasteiger partial charge in [0.25, 0.3) is 5.91 Å². The summed E-state index contributed by atoms with van der Waals surface area (Å²) in [5, 5.41) is 19.7. The van der Waals surface area contributed by atoms with E-state index >= 15 is 0 Å². The van der Waals surface area contributed by atoms with E-state index in [2.05, 4.69) is 20.8 Å². The molecule has 2 heterocycles. The van der Waals surface area contributed by atoms with Crippen molar-refractivity contribution in [1.82, 2.24) is 15.5 Å². The third-order valence-corrected chi connectivity index (χ3v) is 6.16. The van der Waals surface area contributed by atoms with Gasteiger partial charge in [-0.25, -0.2) is 9.78 Å². The van der Waals surface area contributed by atoms with Gasteiger partial charge in [0, 0.05) is 35.9 Å². The number of hydrogen-bond acceptors (Lipinski definition) is 7. The van der Waals surface area contributed by atoms with Gasteiger partial charge in [0.05, 0.1) is 13.7 Å². The molecule has 4 rings (SSSR count). The number of amides is 1. The maximum atomic E-state index is 12.9. The fraction of sp³-hybridized carbons (Fsp3) is 0.241. The molecule has 2 aromatic heterocycles. The molecule has 0 aliphatic rings. The summed E-state index contributed by atoms with van der Waals surface area (Å²) in [6.45, 7) is 6.08. The van der Waals surface area contributed by atoms with E-state index in [9.17, 15) is 14.7 Å². The predicted octanol–water partition coefficient (Wildman–Crippen LogP) is 4.71. The summed E-state index contributed by atoms with van der Waals surface area (Å²) in [7, 11) is 1.60. The number of benzene rings is 2. The topological polar surface area (TPSA) is 127 Å². The quantitative estimate of drug-likeness (QED) is 0.278. The van der Waals surface area contributed by atoms with Crippen LogP contribution in [0.5, 0.6) is 5.75 Å². The molecular weight excluding hydrogens is 484 g/mol. The molecule has 1 atom stereocenters. The number of rotatable bonds is 10. The molecule has 0 saturated carbocycles. The highest BCUT2D eigenvalue weighted by atomic mass is 16.5. The van der Waals surface area contributed by atoms with Gasteiger partial charge >= 0.3 is 5.97 Å². The van der Waals surface area contributed by atoms with Gasteiger partial charge in [-0.3, -0.25) is 4.79 Å². The average molecular weight is 515 g/mol. The van der Waals surface area contributed by atoms with Crippen molar-refractivity contribution in [1.29, 1.82) is 0 Å². The predicted molar refractivity (Wildman–Crippen MR) is 143 cm³/mol. The Balaban J connectivity index is 1.39. The van der Waals surface area contributed by atoms with Gasteiger partial charge in [-0.05, 0) is 43.5 Å². The van der Waals surface area contributed by atoms with Crippen LogP contribution >= 0.6 is 0 Å². The minimum Gasteiger partial charge on any atom is -0.497 e. The molecule has 0 radical (unpaired) electrons. The van der Waals surface area contributed by atoms with Crippen LogP contribution in [-0.4, -0.2) is 40.3 Å². The highest BCUT2D eigenvalue weighted by Crippen LogP contribution is 2.23. The van der Waals surface area contributed by atoms with Gasteiger partial charge < -0.3 is 25.0 Å². The Bertz CT molecular complexity index is 1420. The molecule has 1 amide bonds. The molecule has 1 unspecified atom stereocenters. The Morgan fingerprint density at radius 2 is 1.74 bits per heavy atom. The molecule has 0 aliphatic carbocycles. The van der Waals surface area contributed by atoms with Crippen molar-refractivity contribution in [3.63, 3.8) is 0 Å². The Morgan fingerprint density at radius 1 is 1.03 bits per heavy atom. The molecule has 2 aromatic carbocycles. The summed E-state index contributed by atoms with van der Waals surface area (Å²) < 4.78 is 10.7. The zero-order valence-corrected chi connectivity index (χ0v) is 21.7. The summed E-state index contributed by atoms with van der Waals surface area (Å²) in [6.07, 6.45) is 1.80. The highest BCUT2D eigenvalue weighted by molar-refractivity contribution is 5.99. The molecule has 4 aromatic rings.